The van der Waals surface area contributed by atoms with Gasteiger partial charge in [-0.3, -0.25) is 0 Å². The van der Waals surface area contributed by atoms with Gasteiger partial charge in [-0.2, -0.15) is 0 Å². The minimum atomic E-state index is 0.817. The van der Waals surface area contributed by atoms with Gasteiger partial charge in [0.15, 0.2) is 0 Å². The van der Waals surface area contributed by atoms with Crippen molar-refractivity contribution in [2.24, 2.45) is 0 Å². The SMILES string of the molecule is CCN(CC)CCSc1nnnn1CCNC. The molecular formula is C10H22N6S. The molecule has 0 atom stereocenters. The maximum Gasteiger partial charge on any atom is 0.209 e. The number of thioether (sulfide) groups is 1. The Bertz CT molecular complexity index is 299. The van der Waals surface area contributed by atoms with Crippen LogP contribution in [0.2, 0.25) is 0 Å². The fourth-order valence-corrected chi connectivity index (χ4v) is 2.37. The van der Waals surface area contributed by atoms with Crippen molar-refractivity contribution in [2.75, 3.05) is 39.0 Å². The van der Waals surface area contributed by atoms with Gasteiger partial charge in [0.1, 0.15) is 0 Å². The first kappa shape index (κ1) is 14.4. The summed E-state index contributed by atoms with van der Waals surface area (Å²) in [6, 6.07) is 0. The van der Waals surface area contributed by atoms with Crippen molar-refractivity contribution in [3.8, 4) is 0 Å². The van der Waals surface area contributed by atoms with E-state index in [-0.39, 0.29) is 0 Å². The number of hydrogen-bond donors (Lipinski definition) is 1. The van der Waals surface area contributed by atoms with Crippen molar-refractivity contribution in [3.63, 3.8) is 0 Å². The number of aromatic nitrogens is 4. The molecule has 0 aromatic carbocycles. The molecule has 7 heteroatoms. The van der Waals surface area contributed by atoms with Crippen molar-refractivity contribution >= 4 is 11.8 Å². The zero-order valence-corrected chi connectivity index (χ0v) is 11.7. The molecule has 0 aliphatic heterocycles. The molecule has 17 heavy (non-hydrogen) atoms. The third kappa shape index (κ3) is 5.01. The Labute approximate surface area is 107 Å². The van der Waals surface area contributed by atoms with Crippen LogP contribution in [0.5, 0.6) is 0 Å². The molecular weight excluding hydrogens is 236 g/mol. The quantitative estimate of drug-likeness (QED) is 0.644. The van der Waals surface area contributed by atoms with E-state index in [1.165, 1.54) is 0 Å². The van der Waals surface area contributed by atoms with Crippen molar-refractivity contribution < 1.29 is 0 Å². The summed E-state index contributed by atoms with van der Waals surface area (Å²) in [4.78, 5) is 2.40. The summed E-state index contributed by atoms with van der Waals surface area (Å²) in [5.74, 6) is 1.03. The lowest BCUT2D eigenvalue weighted by molar-refractivity contribution is 0.323. The molecule has 1 aromatic heterocycles. The number of nitrogens with zero attached hydrogens (tertiary/aromatic N) is 5. The Balaban J connectivity index is 2.33. The molecule has 1 rings (SSSR count). The van der Waals surface area contributed by atoms with Crippen LogP contribution in [0.1, 0.15) is 13.8 Å². The zero-order valence-electron chi connectivity index (χ0n) is 10.9. The van der Waals surface area contributed by atoms with Gasteiger partial charge in [0, 0.05) is 18.8 Å². The normalized spacial score (nSPS) is 11.3. The van der Waals surface area contributed by atoms with E-state index in [1.54, 1.807) is 11.8 Å². The average molecular weight is 258 g/mol. The maximum absolute atomic E-state index is 4.04. The van der Waals surface area contributed by atoms with Gasteiger partial charge in [0.05, 0.1) is 6.54 Å². The number of hydrogen-bond acceptors (Lipinski definition) is 6. The van der Waals surface area contributed by atoms with Crippen LogP contribution in [0.4, 0.5) is 0 Å². The Kier molecular flexibility index (Phi) is 7.14. The molecule has 98 valence electrons. The van der Waals surface area contributed by atoms with Crippen LogP contribution in [-0.4, -0.2) is 64.1 Å². The second-order valence-corrected chi connectivity index (χ2v) is 4.73. The highest BCUT2D eigenvalue weighted by molar-refractivity contribution is 7.99. The first-order valence-corrected chi connectivity index (χ1v) is 7.06. The van der Waals surface area contributed by atoms with E-state index in [0.717, 1.165) is 43.6 Å². The van der Waals surface area contributed by atoms with Crippen molar-refractivity contribution in [3.05, 3.63) is 0 Å². The lowest BCUT2D eigenvalue weighted by atomic mass is 10.5. The predicted octanol–water partition coefficient (Wildman–Crippen LogP) is 0.326. The van der Waals surface area contributed by atoms with E-state index in [4.69, 9.17) is 0 Å². The van der Waals surface area contributed by atoms with Gasteiger partial charge >= 0.3 is 0 Å². The fourth-order valence-electron chi connectivity index (χ4n) is 1.46. The minimum absolute atomic E-state index is 0.817. The maximum atomic E-state index is 4.04. The highest BCUT2D eigenvalue weighted by Gasteiger charge is 2.07. The number of tetrazole rings is 1. The van der Waals surface area contributed by atoms with E-state index >= 15 is 0 Å². The molecule has 0 saturated carbocycles. The van der Waals surface area contributed by atoms with Crippen molar-refractivity contribution in [2.45, 2.75) is 25.5 Å². The molecule has 0 fully saturated rings. The summed E-state index contributed by atoms with van der Waals surface area (Å²) in [6.45, 7) is 9.35. The second kappa shape index (κ2) is 8.43. The molecule has 1 heterocycles. The lowest BCUT2D eigenvalue weighted by Gasteiger charge is -2.16. The van der Waals surface area contributed by atoms with Crippen LogP contribution in [0.3, 0.4) is 0 Å². The number of rotatable bonds is 9. The minimum Gasteiger partial charge on any atom is -0.318 e. The fraction of sp³-hybridized carbons (Fsp3) is 0.900. The molecule has 0 unspecified atom stereocenters. The van der Waals surface area contributed by atoms with Crippen molar-refractivity contribution in [1.82, 2.24) is 30.4 Å². The molecule has 0 bridgehead atoms. The summed E-state index contributed by atoms with van der Waals surface area (Å²) in [5, 5.41) is 15.7. The van der Waals surface area contributed by atoms with Crippen LogP contribution in [0.15, 0.2) is 5.16 Å². The Morgan fingerprint density at radius 2 is 2.12 bits per heavy atom. The summed E-state index contributed by atoms with van der Waals surface area (Å²) in [6.07, 6.45) is 0. The molecule has 1 N–H and O–H groups in total. The predicted molar refractivity (Wildman–Crippen MR) is 70.3 cm³/mol. The third-order valence-electron chi connectivity index (χ3n) is 2.61. The van der Waals surface area contributed by atoms with Crippen LogP contribution in [0, 0.1) is 0 Å². The van der Waals surface area contributed by atoms with E-state index < -0.39 is 0 Å². The summed E-state index contributed by atoms with van der Waals surface area (Å²) >= 11 is 1.72. The van der Waals surface area contributed by atoms with Crippen LogP contribution < -0.4 is 5.32 Å². The van der Waals surface area contributed by atoms with Gasteiger partial charge in [-0.15, -0.1) is 5.10 Å². The highest BCUT2D eigenvalue weighted by atomic mass is 32.2. The first-order valence-electron chi connectivity index (χ1n) is 6.07. The standard InChI is InChI=1S/C10H22N6S/c1-4-15(5-2)8-9-17-10-12-13-14-16(10)7-6-11-3/h11H,4-9H2,1-3H3. The molecule has 0 aliphatic rings. The van der Waals surface area contributed by atoms with Gasteiger partial charge in [-0.25, -0.2) is 4.68 Å². The number of likely N-dealkylation sites (N-methyl/N-ethyl adjacent to an activating group) is 1. The molecule has 0 aliphatic carbocycles. The van der Waals surface area contributed by atoms with E-state index in [2.05, 4.69) is 39.6 Å². The molecule has 0 saturated heterocycles. The van der Waals surface area contributed by atoms with Crippen LogP contribution in [-0.2, 0) is 6.54 Å². The lowest BCUT2D eigenvalue weighted by Crippen LogP contribution is -2.25. The van der Waals surface area contributed by atoms with Crippen molar-refractivity contribution in [1.29, 1.82) is 0 Å². The topological polar surface area (TPSA) is 58.9 Å². The first-order chi connectivity index (χ1) is 8.31. The Morgan fingerprint density at radius 3 is 2.76 bits per heavy atom. The summed E-state index contributed by atoms with van der Waals surface area (Å²) < 4.78 is 1.85. The monoisotopic (exact) mass is 258 g/mol. The van der Waals surface area contributed by atoms with E-state index in [0.29, 0.717) is 0 Å². The number of nitrogens with one attached hydrogen (secondary N) is 1. The van der Waals surface area contributed by atoms with Crippen LogP contribution >= 0.6 is 11.8 Å². The van der Waals surface area contributed by atoms with Gasteiger partial charge < -0.3 is 10.2 Å². The highest BCUT2D eigenvalue weighted by Crippen LogP contribution is 2.13. The van der Waals surface area contributed by atoms with Crippen LogP contribution in [0.25, 0.3) is 0 Å². The zero-order chi connectivity index (χ0) is 12.5. The van der Waals surface area contributed by atoms with E-state index in [9.17, 15) is 0 Å². The molecule has 1 aromatic rings. The molecule has 6 nitrogen and oxygen atoms in total. The van der Waals surface area contributed by atoms with Gasteiger partial charge in [-0.05, 0) is 30.6 Å². The molecule has 0 spiro atoms. The summed E-state index contributed by atoms with van der Waals surface area (Å²) in [5.41, 5.74) is 0. The summed E-state index contributed by atoms with van der Waals surface area (Å²) in [7, 11) is 1.93. The largest absolute Gasteiger partial charge is 0.318 e. The van der Waals surface area contributed by atoms with Gasteiger partial charge in [-0.1, -0.05) is 25.6 Å². The third-order valence-corrected chi connectivity index (χ3v) is 3.54. The smallest absolute Gasteiger partial charge is 0.209 e. The van der Waals surface area contributed by atoms with E-state index in [1.807, 2.05) is 11.7 Å². The second-order valence-electron chi connectivity index (χ2n) is 3.66. The van der Waals surface area contributed by atoms with Gasteiger partial charge in [0.2, 0.25) is 5.16 Å². The molecule has 0 amide bonds. The Hall–Kier alpha value is -0.660. The Morgan fingerprint density at radius 1 is 1.35 bits per heavy atom. The molecule has 0 radical (unpaired) electrons. The average Bonchev–Trinajstić information content (AvgIpc) is 2.79. The van der Waals surface area contributed by atoms with Gasteiger partial charge in [0.25, 0.3) is 0 Å².